The fourth-order valence-electron chi connectivity index (χ4n) is 1.65. The number of aromatic nitrogens is 1. The molecule has 0 atom stereocenters. The standard InChI is InChI=1S/C15H16FNO/c1-11(2)13-3-5-15(6-4-13)18-10-12-7-14(16)9-17-8-12/h3-9,11H,10H2,1-2H3. The Hall–Kier alpha value is -1.90. The van der Waals surface area contributed by atoms with Gasteiger partial charge < -0.3 is 4.74 Å². The van der Waals surface area contributed by atoms with E-state index in [9.17, 15) is 4.39 Å². The van der Waals surface area contributed by atoms with Crippen LogP contribution in [0.15, 0.2) is 42.7 Å². The Morgan fingerprint density at radius 3 is 2.50 bits per heavy atom. The molecule has 0 saturated carbocycles. The van der Waals surface area contributed by atoms with Crippen LogP contribution in [0.25, 0.3) is 0 Å². The third-order valence-corrected chi connectivity index (χ3v) is 2.71. The van der Waals surface area contributed by atoms with Crippen LogP contribution < -0.4 is 4.74 Å². The summed E-state index contributed by atoms with van der Waals surface area (Å²) in [6.45, 7) is 4.62. The Labute approximate surface area is 106 Å². The van der Waals surface area contributed by atoms with Crippen molar-refractivity contribution in [3.05, 3.63) is 59.7 Å². The van der Waals surface area contributed by atoms with Crippen molar-refractivity contribution in [3.63, 3.8) is 0 Å². The Morgan fingerprint density at radius 1 is 1.17 bits per heavy atom. The van der Waals surface area contributed by atoms with Gasteiger partial charge in [-0.05, 0) is 29.7 Å². The lowest BCUT2D eigenvalue weighted by atomic mass is 10.0. The van der Waals surface area contributed by atoms with Crippen LogP contribution in [0.4, 0.5) is 4.39 Å². The number of hydrogen-bond acceptors (Lipinski definition) is 2. The predicted molar refractivity (Wildman–Crippen MR) is 69.1 cm³/mol. The minimum absolute atomic E-state index is 0.325. The maximum Gasteiger partial charge on any atom is 0.141 e. The zero-order valence-corrected chi connectivity index (χ0v) is 10.6. The van der Waals surface area contributed by atoms with Gasteiger partial charge in [0, 0.05) is 11.8 Å². The van der Waals surface area contributed by atoms with E-state index in [1.54, 1.807) is 6.20 Å². The zero-order chi connectivity index (χ0) is 13.0. The third-order valence-electron chi connectivity index (χ3n) is 2.71. The van der Waals surface area contributed by atoms with Crippen molar-refractivity contribution in [1.82, 2.24) is 4.98 Å². The largest absolute Gasteiger partial charge is 0.489 e. The summed E-state index contributed by atoms with van der Waals surface area (Å²) in [4.78, 5) is 3.78. The maximum absolute atomic E-state index is 12.9. The van der Waals surface area contributed by atoms with Crippen LogP contribution in [0, 0.1) is 5.82 Å². The van der Waals surface area contributed by atoms with Crippen molar-refractivity contribution in [2.75, 3.05) is 0 Å². The van der Waals surface area contributed by atoms with Crippen molar-refractivity contribution in [1.29, 1.82) is 0 Å². The summed E-state index contributed by atoms with van der Waals surface area (Å²) in [5.74, 6) is 0.946. The third kappa shape index (κ3) is 3.29. The van der Waals surface area contributed by atoms with Gasteiger partial charge in [-0.3, -0.25) is 4.98 Å². The van der Waals surface area contributed by atoms with Gasteiger partial charge in [0.1, 0.15) is 18.2 Å². The first-order chi connectivity index (χ1) is 8.65. The molecular weight excluding hydrogens is 229 g/mol. The summed E-state index contributed by atoms with van der Waals surface area (Å²) >= 11 is 0. The summed E-state index contributed by atoms with van der Waals surface area (Å²) in [6, 6.07) is 9.38. The molecule has 0 N–H and O–H groups in total. The maximum atomic E-state index is 12.9. The minimum atomic E-state index is -0.341. The average Bonchev–Trinajstić information content (AvgIpc) is 2.37. The lowest BCUT2D eigenvalue weighted by Gasteiger charge is -2.08. The molecule has 94 valence electrons. The molecule has 0 fully saturated rings. The minimum Gasteiger partial charge on any atom is -0.489 e. The normalized spacial score (nSPS) is 10.7. The Bertz CT molecular complexity index is 508. The zero-order valence-electron chi connectivity index (χ0n) is 10.6. The number of pyridine rings is 1. The van der Waals surface area contributed by atoms with Crippen molar-refractivity contribution < 1.29 is 9.13 Å². The molecule has 2 nitrogen and oxygen atoms in total. The first-order valence-electron chi connectivity index (χ1n) is 5.97. The van der Waals surface area contributed by atoms with Crippen LogP contribution in [0.5, 0.6) is 5.75 Å². The molecular formula is C15H16FNO. The summed E-state index contributed by atoms with van der Waals surface area (Å²) in [5.41, 5.74) is 2.00. The van der Waals surface area contributed by atoms with Crippen LogP contribution in [0.3, 0.4) is 0 Å². The summed E-state index contributed by atoms with van der Waals surface area (Å²) in [7, 11) is 0. The van der Waals surface area contributed by atoms with Crippen LogP contribution in [0.1, 0.15) is 30.9 Å². The van der Waals surface area contributed by atoms with Gasteiger partial charge in [-0.2, -0.15) is 0 Å². The van der Waals surface area contributed by atoms with Crippen molar-refractivity contribution >= 4 is 0 Å². The number of ether oxygens (including phenoxy) is 1. The van der Waals surface area contributed by atoms with E-state index < -0.39 is 0 Å². The molecule has 0 radical (unpaired) electrons. The summed E-state index contributed by atoms with van der Waals surface area (Å²) in [6.07, 6.45) is 2.78. The quantitative estimate of drug-likeness (QED) is 0.814. The molecule has 0 aliphatic rings. The molecule has 18 heavy (non-hydrogen) atoms. The summed E-state index contributed by atoms with van der Waals surface area (Å²) < 4.78 is 18.5. The fourth-order valence-corrected chi connectivity index (χ4v) is 1.65. The van der Waals surface area contributed by atoms with Crippen molar-refractivity contribution in [2.45, 2.75) is 26.4 Å². The van der Waals surface area contributed by atoms with E-state index in [0.29, 0.717) is 12.5 Å². The molecule has 2 rings (SSSR count). The van der Waals surface area contributed by atoms with Gasteiger partial charge in [0.05, 0.1) is 6.20 Å². The van der Waals surface area contributed by atoms with Crippen molar-refractivity contribution in [3.8, 4) is 5.75 Å². The molecule has 0 spiro atoms. The Balaban J connectivity index is 1.98. The monoisotopic (exact) mass is 245 g/mol. The number of nitrogens with zero attached hydrogens (tertiary/aromatic N) is 1. The highest BCUT2D eigenvalue weighted by molar-refractivity contribution is 5.29. The molecule has 0 unspecified atom stereocenters. The van der Waals surface area contributed by atoms with Gasteiger partial charge >= 0.3 is 0 Å². The highest BCUT2D eigenvalue weighted by Crippen LogP contribution is 2.19. The van der Waals surface area contributed by atoms with Crippen LogP contribution in [-0.2, 0) is 6.61 Å². The van der Waals surface area contributed by atoms with Gasteiger partial charge in [-0.15, -0.1) is 0 Å². The predicted octanol–water partition coefficient (Wildman–Crippen LogP) is 3.92. The first-order valence-corrected chi connectivity index (χ1v) is 5.97. The van der Waals surface area contributed by atoms with Gasteiger partial charge in [0.2, 0.25) is 0 Å². The second kappa shape index (κ2) is 5.63. The van der Waals surface area contributed by atoms with Gasteiger partial charge in [-0.25, -0.2) is 4.39 Å². The molecule has 1 aromatic carbocycles. The number of halogens is 1. The molecule has 0 saturated heterocycles. The van der Waals surface area contributed by atoms with Gasteiger partial charge in [-0.1, -0.05) is 26.0 Å². The van der Waals surface area contributed by atoms with Gasteiger partial charge in [0.25, 0.3) is 0 Å². The molecule has 0 bridgehead atoms. The highest BCUT2D eigenvalue weighted by atomic mass is 19.1. The lowest BCUT2D eigenvalue weighted by Crippen LogP contribution is -1.97. The van der Waals surface area contributed by atoms with E-state index in [4.69, 9.17) is 4.74 Å². The topological polar surface area (TPSA) is 22.1 Å². The molecule has 0 amide bonds. The Kier molecular flexibility index (Phi) is 3.92. The molecule has 2 aromatic rings. The van der Waals surface area contributed by atoms with Crippen LogP contribution >= 0.6 is 0 Å². The summed E-state index contributed by atoms with van der Waals surface area (Å²) in [5, 5.41) is 0. The van der Waals surface area contributed by atoms with Crippen LogP contribution in [0.2, 0.25) is 0 Å². The molecule has 1 heterocycles. The molecule has 3 heteroatoms. The Morgan fingerprint density at radius 2 is 1.89 bits per heavy atom. The van der Waals surface area contributed by atoms with E-state index in [2.05, 4.69) is 18.8 Å². The molecule has 1 aromatic heterocycles. The van der Waals surface area contributed by atoms with E-state index in [1.165, 1.54) is 17.8 Å². The molecule has 0 aliphatic heterocycles. The molecule has 0 aliphatic carbocycles. The van der Waals surface area contributed by atoms with Gasteiger partial charge in [0.15, 0.2) is 0 Å². The smallest absolute Gasteiger partial charge is 0.141 e. The second-order valence-corrected chi connectivity index (χ2v) is 4.52. The fraction of sp³-hybridized carbons (Fsp3) is 0.267. The number of hydrogen-bond donors (Lipinski definition) is 0. The number of benzene rings is 1. The average molecular weight is 245 g/mol. The number of rotatable bonds is 4. The SMILES string of the molecule is CC(C)c1ccc(OCc2cncc(F)c2)cc1. The van der Waals surface area contributed by atoms with Crippen LogP contribution in [-0.4, -0.2) is 4.98 Å². The van der Waals surface area contributed by atoms with Crippen molar-refractivity contribution in [2.24, 2.45) is 0 Å². The van der Waals surface area contributed by atoms with E-state index in [0.717, 1.165) is 11.3 Å². The van der Waals surface area contributed by atoms with E-state index in [1.807, 2.05) is 24.3 Å². The van der Waals surface area contributed by atoms with E-state index in [-0.39, 0.29) is 5.82 Å². The lowest BCUT2D eigenvalue weighted by molar-refractivity contribution is 0.305. The second-order valence-electron chi connectivity index (χ2n) is 4.52. The highest BCUT2D eigenvalue weighted by Gasteiger charge is 2.01. The van der Waals surface area contributed by atoms with E-state index >= 15 is 0 Å². The first kappa shape index (κ1) is 12.6.